The Morgan fingerprint density at radius 2 is 1.95 bits per heavy atom. The molecule has 1 heterocycles. The summed E-state index contributed by atoms with van der Waals surface area (Å²) in [7, 11) is 1.85. The molecule has 1 aliphatic rings. The molecule has 19 heavy (non-hydrogen) atoms. The fourth-order valence-electron chi connectivity index (χ4n) is 2.45. The van der Waals surface area contributed by atoms with Gasteiger partial charge in [-0.05, 0) is 41.4 Å². The van der Waals surface area contributed by atoms with Crippen molar-refractivity contribution in [2.45, 2.75) is 19.8 Å². The summed E-state index contributed by atoms with van der Waals surface area (Å²) >= 11 is 0. The molecule has 0 fully saturated rings. The molecule has 1 aliphatic heterocycles. The van der Waals surface area contributed by atoms with E-state index in [9.17, 15) is 4.39 Å². The standard InChI is InChI=1S/C16H16FNO/c1-18-8-11-2-5-15(16(17)6-11)12-3-4-13-9-19-10-14(13)7-12/h2-7,18H,8-10H2,1H3. The van der Waals surface area contributed by atoms with Crippen molar-refractivity contribution in [2.75, 3.05) is 7.05 Å². The van der Waals surface area contributed by atoms with Gasteiger partial charge in [-0.15, -0.1) is 0 Å². The lowest BCUT2D eigenvalue weighted by Gasteiger charge is -2.08. The summed E-state index contributed by atoms with van der Waals surface area (Å²) in [6.07, 6.45) is 0. The van der Waals surface area contributed by atoms with Crippen molar-refractivity contribution in [3.05, 3.63) is 58.9 Å². The highest BCUT2D eigenvalue weighted by Crippen LogP contribution is 2.29. The van der Waals surface area contributed by atoms with Gasteiger partial charge < -0.3 is 10.1 Å². The highest BCUT2D eigenvalue weighted by Gasteiger charge is 2.13. The van der Waals surface area contributed by atoms with Crippen molar-refractivity contribution in [3.8, 4) is 11.1 Å². The summed E-state index contributed by atoms with van der Waals surface area (Å²) in [6.45, 7) is 1.97. The molecule has 2 aromatic carbocycles. The van der Waals surface area contributed by atoms with Crippen LogP contribution in [0.25, 0.3) is 11.1 Å². The molecule has 2 aromatic rings. The summed E-state index contributed by atoms with van der Waals surface area (Å²) < 4.78 is 19.5. The lowest BCUT2D eigenvalue weighted by atomic mass is 9.99. The molecule has 0 radical (unpaired) electrons. The van der Waals surface area contributed by atoms with Gasteiger partial charge in [-0.2, -0.15) is 0 Å². The molecule has 3 heteroatoms. The van der Waals surface area contributed by atoms with Gasteiger partial charge in [0.05, 0.1) is 13.2 Å². The molecule has 0 unspecified atom stereocenters. The normalized spacial score (nSPS) is 13.6. The first kappa shape index (κ1) is 12.3. The summed E-state index contributed by atoms with van der Waals surface area (Å²) in [6, 6.07) is 11.4. The van der Waals surface area contributed by atoms with E-state index in [0.29, 0.717) is 25.3 Å². The van der Waals surface area contributed by atoms with Crippen LogP contribution >= 0.6 is 0 Å². The Hall–Kier alpha value is -1.71. The Kier molecular flexibility index (Phi) is 3.32. The maximum Gasteiger partial charge on any atom is 0.131 e. The number of halogens is 1. The Morgan fingerprint density at radius 1 is 1.11 bits per heavy atom. The second-order valence-corrected chi connectivity index (χ2v) is 4.82. The second kappa shape index (κ2) is 5.11. The highest BCUT2D eigenvalue weighted by atomic mass is 19.1. The number of hydrogen-bond acceptors (Lipinski definition) is 2. The van der Waals surface area contributed by atoms with E-state index in [-0.39, 0.29) is 5.82 Å². The third-order valence-electron chi connectivity index (χ3n) is 3.45. The predicted octanol–water partition coefficient (Wildman–Crippen LogP) is 3.24. The highest BCUT2D eigenvalue weighted by molar-refractivity contribution is 5.66. The van der Waals surface area contributed by atoms with E-state index in [0.717, 1.165) is 16.7 Å². The van der Waals surface area contributed by atoms with Gasteiger partial charge in [0.15, 0.2) is 0 Å². The number of nitrogens with one attached hydrogen (secondary N) is 1. The maximum absolute atomic E-state index is 14.2. The Bertz CT molecular complexity index is 610. The van der Waals surface area contributed by atoms with Crippen LogP contribution in [0.3, 0.4) is 0 Å². The Labute approximate surface area is 112 Å². The first-order valence-electron chi connectivity index (χ1n) is 6.41. The van der Waals surface area contributed by atoms with Gasteiger partial charge in [-0.3, -0.25) is 0 Å². The molecule has 0 aliphatic carbocycles. The molecule has 2 nitrogen and oxygen atoms in total. The largest absolute Gasteiger partial charge is 0.372 e. The molecule has 1 N–H and O–H groups in total. The summed E-state index contributed by atoms with van der Waals surface area (Å²) in [5.74, 6) is -0.174. The number of hydrogen-bond donors (Lipinski definition) is 1. The van der Waals surface area contributed by atoms with Crippen LogP contribution < -0.4 is 5.32 Å². The van der Waals surface area contributed by atoms with Gasteiger partial charge in [0.25, 0.3) is 0 Å². The molecule has 0 aromatic heterocycles. The van der Waals surface area contributed by atoms with E-state index in [4.69, 9.17) is 4.74 Å². The topological polar surface area (TPSA) is 21.3 Å². The zero-order chi connectivity index (χ0) is 13.2. The van der Waals surface area contributed by atoms with Crippen LogP contribution in [0.2, 0.25) is 0 Å². The minimum absolute atomic E-state index is 0.174. The van der Waals surface area contributed by atoms with Gasteiger partial charge >= 0.3 is 0 Å². The van der Waals surface area contributed by atoms with Gasteiger partial charge in [-0.1, -0.05) is 24.3 Å². The van der Waals surface area contributed by atoms with Crippen molar-refractivity contribution >= 4 is 0 Å². The maximum atomic E-state index is 14.2. The number of rotatable bonds is 3. The van der Waals surface area contributed by atoms with Crippen molar-refractivity contribution in [1.29, 1.82) is 0 Å². The van der Waals surface area contributed by atoms with E-state index in [1.807, 2.05) is 37.4 Å². The Balaban J connectivity index is 1.97. The van der Waals surface area contributed by atoms with Gasteiger partial charge in [0, 0.05) is 12.1 Å². The third-order valence-corrected chi connectivity index (χ3v) is 3.45. The summed E-state index contributed by atoms with van der Waals surface area (Å²) in [4.78, 5) is 0. The van der Waals surface area contributed by atoms with Crippen molar-refractivity contribution < 1.29 is 9.13 Å². The van der Waals surface area contributed by atoms with Crippen LogP contribution in [0, 0.1) is 5.82 Å². The zero-order valence-corrected chi connectivity index (χ0v) is 10.9. The Morgan fingerprint density at radius 3 is 2.74 bits per heavy atom. The smallest absolute Gasteiger partial charge is 0.131 e. The quantitative estimate of drug-likeness (QED) is 0.911. The number of benzene rings is 2. The molecule has 0 saturated carbocycles. The van der Waals surface area contributed by atoms with Crippen LogP contribution in [-0.2, 0) is 24.5 Å². The molecule has 0 saturated heterocycles. The van der Waals surface area contributed by atoms with Crippen molar-refractivity contribution in [1.82, 2.24) is 5.32 Å². The van der Waals surface area contributed by atoms with E-state index in [1.165, 1.54) is 5.56 Å². The van der Waals surface area contributed by atoms with Gasteiger partial charge in [0.1, 0.15) is 5.82 Å². The van der Waals surface area contributed by atoms with Crippen molar-refractivity contribution in [3.63, 3.8) is 0 Å². The van der Waals surface area contributed by atoms with Gasteiger partial charge in [-0.25, -0.2) is 4.39 Å². The van der Waals surface area contributed by atoms with Crippen LogP contribution in [-0.4, -0.2) is 7.05 Å². The molecule has 98 valence electrons. The monoisotopic (exact) mass is 257 g/mol. The average molecular weight is 257 g/mol. The molecular formula is C16H16FNO. The summed E-state index contributed by atoms with van der Waals surface area (Å²) in [5.41, 5.74) is 4.88. The van der Waals surface area contributed by atoms with E-state index < -0.39 is 0 Å². The minimum atomic E-state index is -0.174. The van der Waals surface area contributed by atoms with Crippen LogP contribution in [0.1, 0.15) is 16.7 Å². The SMILES string of the molecule is CNCc1ccc(-c2ccc3c(c2)COC3)c(F)c1. The first-order chi connectivity index (χ1) is 9.28. The lowest BCUT2D eigenvalue weighted by Crippen LogP contribution is -2.05. The summed E-state index contributed by atoms with van der Waals surface area (Å²) in [5, 5.41) is 3.02. The number of ether oxygens (including phenoxy) is 1. The van der Waals surface area contributed by atoms with Gasteiger partial charge in [0.2, 0.25) is 0 Å². The minimum Gasteiger partial charge on any atom is -0.372 e. The molecule has 0 atom stereocenters. The molecule has 3 rings (SSSR count). The predicted molar refractivity (Wildman–Crippen MR) is 73.1 cm³/mol. The molecule has 0 amide bonds. The number of fused-ring (bicyclic) bond motifs is 1. The van der Waals surface area contributed by atoms with Crippen LogP contribution in [0.4, 0.5) is 4.39 Å². The average Bonchev–Trinajstić information content (AvgIpc) is 2.86. The van der Waals surface area contributed by atoms with E-state index >= 15 is 0 Å². The zero-order valence-electron chi connectivity index (χ0n) is 10.9. The molecule has 0 spiro atoms. The first-order valence-corrected chi connectivity index (χ1v) is 6.41. The van der Waals surface area contributed by atoms with Crippen LogP contribution in [0.15, 0.2) is 36.4 Å². The molecular weight excluding hydrogens is 241 g/mol. The van der Waals surface area contributed by atoms with E-state index in [2.05, 4.69) is 5.32 Å². The third kappa shape index (κ3) is 2.39. The fraction of sp³-hybridized carbons (Fsp3) is 0.250. The van der Waals surface area contributed by atoms with Crippen molar-refractivity contribution in [2.24, 2.45) is 0 Å². The lowest BCUT2D eigenvalue weighted by molar-refractivity contribution is 0.134. The fourth-order valence-corrected chi connectivity index (χ4v) is 2.45. The molecule has 0 bridgehead atoms. The van der Waals surface area contributed by atoms with Crippen LogP contribution in [0.5, 0.6) is 0 Å². The second-order valence-electron chi connectivity index (χ2n) is 4.82. The van der Waals surface area contributed by atoms with E-state index in [1.54, 1.807) is 6.07 Å².